The molecular formula is C36H36O2. The molecule has 192 valence electrons. The number of hydrogen-bond acceptors (Lipinski definition) is 2. The molecule has 0 amide bonds. The maximum Gasteiger partial charge on any atom is 0.308 e. The van der Waals surface area contributed by atoms with E-state index in [2.05, 4.69) is 111 Å². The predicted molar refractivity (Wildman–Crippen MR) is 155 cm³/mol. The first kappa shape index (κ1) is 24.7. The molecule has 4 aromatic carbocycles. The quantitative estimate of drug-likeness (QED) is 0.238. The first-order valence-corrected chi connectivity index (χ1v) is 13.9. The third-order valence-corrected chi connectivity index (χ3v) is 8.97. The Bertz CT molecular complexity index is 1420. The van der Waals surface area contributed by atoms with E-state index in [0.29, 0.717) is 12.3 Å². The summed E-state index contributed by atoms with van der Waals surface area (Å²) in [5.41, 5.74) is 10.3. The van der Waals surface area contributed by atoms with Gasteiger partial charge in [-0.15, -0.1) is 0 Å². The molecule has 2 aliphatic rings. The molecule has 0 N–H and O–H groups in total. The number of ether oxygens (including phenoxy) is 1. The average Bonchev–Trinajstić information content (AvgIpc) is 3.36. The first-order valence-electron chi connectivity index (χ1n) is 13.9. The summed E-state index contributed by atoms with van der Waals surface area (Å²) < 4.78 is 5.28. The van der Waals surface area contributed by atoms with Crippen LogP contribution in [-0.4, -0.2) is 13.1 Å². The van der Waals surface area contributed by atoms with Crippen molar-refractivity contribution < 1.29 is 9.53 Å². The van der Waals surface area contributed by atoms with Gasteiger partial charge >= 0.3 is 5.97 Å². The second-order valence-corrected chi connectivity index (χ2v) is 11.7. The summed E-state index contributed by atoms with van der Waals surface area (Å²) in [6.07, 6.45) is 2.65. The number of carbonyl (C=O) groups excluding carboxylic acids is 1. The lowest BCUT2D eigenvalue weighted by Crippen LogP contribution is -2.40. The molecule has 0 saturated heterocycles. The van der Waals surface area contributed by atoms with E-state index < -0.39 is 0 Å². The summed E-state index contributed by atoms with van der Waals surface area (Å²) in [5, 5.41) is 0. The van der Waals surface area contributed by atoms with Crippen LogP contribution in [0.4, 0.5) is 0 Å². The topological polar surface area (TPSA) is 26.3 Å². The average molecular weight is 501 g/mol. The molecule has 0 bridgehead atoms. The lowest BCUT2D eigenvalue weighted by molar-refractivity contribution is -0.145. The predicted octanol–water partition coefficient (Wildman–Crippen LogP) is 8.56. The highest BCUT2D eigenvalue weighted by molar-refractivity contribution is 5.84. The number of methoxy groups -OCH3 is 1. The molecule has 38 heavy (non-hydrogen) atoms. The molecule has 1 atom stereocenters. The normalized spacial score (nSPS) is 16.3. The zero-order valence-electron chi connectivity index (χ0n) is 22.8. The van der Waals surface area contributed by atoms with Crippen LogP contribution in [-0.2, 0) is 20.4 Å². The summed E-state index contributed by atoms with van der Waals surface area (Å²) in [4.78, 5) is 12.9. The molecule has 0 saturated carbocycles. The highest BCUT2D eigenvalue weighted by Crippen LogP contribution is 2.62. The van der Waals surface area contributed by atoms with Crippen LogP contribution in [0.3, 0.4) is 0 Å². The van der Waals surface area contributed by atoms with Crippen LogP contribution in [0.1, 0.15) is 62.3 Å². The second-order valence-electron chi connectivity index (χ2n) is 11.7. The van der Waals surface area contributed by atoms with E-state index in [4.69, 9.17) is 4.74 Å². The standard InChI is InChI=1S/C36H36O2/c1-24(2)21-35(30-17-9-5-13-26(30)27-14-6-10-18-31(27)35)23-36(22-25(3)34(37)38-4)32-19-11-7-15-28(32)29-16-8-12-20-33(29)36/h5-20,24-25H,21-23H2,1-4H3. The fraction of sp³-hybridized carbons (Fsp3) is 0.306. The monoisotopic (exact) mass is 500 g/mol. The summed E-state index contributed by atoms with van der Waals surface area (Å²) in [5.74, 6) is 0.120. The van der Waals surface area contributed by atoms with E-state index in [9.17, 15) is 4.79 Å². The van der Waals surface area contributed by atoms with Gasteiger partial charge in [0.2, 0.25) is 0 Å². The SMILES string of the molecule is COC(=O)C(C)CC1(CC2(CC(C)C)c3ccccc3-c3ccccc32)c2ccccc2-c2ccccc21. The molecular weight excluding hydrogens is 464 g/mol. The Hall–Kier alpha value is -3.65. The van der Waals surface area contributed by atoms with Crippen LogP contribution in [0.15, 0.2) is 97.1 Å². The zero-order chi connectivity index (χ0) is 26.5. The van der Waals surface area contributed by atoms with Crippen LogP contribution in [0.5, 0.6) is 0 Å². The van der Waals surface area contributed by atoms with Gasteiger partial charge in [-0.25, -0.2) is 0 Å². The number of rotatable bonds is 7. The van der Waals surface area contributed by atoms with Crippen molar-refractivity contribution in [2.45, 2.75) is 50.9 Å². The summed E-state index contributed by atoms with van der Waals surface area (Å²) in [7, 11) is 1.51. The van der Waals surface area contributed by atoms with Crippen molar-refractivity contribution in [3.8, 4) is 22.3 Å². The van der Waals surface area contributed by atoms with Gasteiger partial charge in [0.15, 0.2) is 0 Å². The third kappa shape index (κ3) is 3.57. The lowest BCUT2D eigenvalue weighted by Gasteiger charge is -2.44. The highest BCUT2D eigenvalue weighted by Gasteiger charge is 2.53. The van der Waals surface area contributed by atoms with Crippen molar-refractivity contribution in [1.82, 2.24) is 0 Å². The fourth-order valence-electron chi connectivity index (χ4n) is 7.82. The number of hydrogen-bond donors (Lipinski definition) is 0. The van der Waals surface area contributed by atoms with Crippen LogP contribution in [0, 0.1) is 11.8 Å². The van der Waals surface area contributed by atoms with Crippen molar-refractivity contribution in [3.63, 3.8) is 0 Å². The highest BCUT2D eigenvalue weighted by atomic mass is 16.5. The lowest BCUT2D eigenvalue weighted by atomic mass is 9.58. The molecule has 0 aromatic heterocycles. The minimum absolute atomic E-state index is 0.142. The molecule has 0 fully saturated rings. The number of esters is 1. The van der Waals surface area contributed by atoms with Gasteiger partial charge in [0.25, 0.3) is 0 Å². The van der Waals surface area contributed by atoms with Gasteiger partial charge < -0.3 is 4.74 Å². The fourth-order valence-corrected chi connectivity index (χ4v) is 7.82. The number of fused-ring (bicyclic) bond motifs is 6. The third-order valence-electron chi connectivity index (χ3n) is 8.97. The van der Waals surface area contributed by atoms with Crippen LogP contribution in [0.2, 0.25) is 0 Å². The van der Waals surface area contributed by atoms with E-state index in [1.54, 1.807) is 0 Å². The van der Waals surface area contributed by atoms with Crippen LogP contribution in [0.25, 0.3) is 22.3 Å². The minimum Gasteiger partial charge on any atom is -0.469 e. The molecule has 0 heterocycles. The molecule has 0 aliphatic heterocycles. The maximum absolute atomic E-state index is 12.9. The Labute approximate surface area is 226 Å². The second kappa shape index (κ2) is 9.27. The number of carbonyl (C=O) groups is 1. The van der Waals surface area contributed by atoms with Gasteiger partial charge in [0, 0.05) is 10.8 Å². The van der Waals surface area contributed by atoms with E-state index in [0.717, 1.165) is 12.8 Å². The summed E-state index contributed by atoms with van der Waals surface area (Å²) in [6, 6.07) is 35.7. The molecule has 0 spiro atoms. The van der Waals surface area contributed by atoms with E-state index in [-0.39, 0.29) is 22.7 Å². The summed E-state index contributed by atoms with van der Waals surface area (Å²) >= 11 is 0. The molecule has 1 unspecified atom stereocenters. The van der Waals surface area contributed by atoms with Crippen molar-refractivity contribution in [1.29, 1.82) is 0 Å². The smallest absolute Gasteiger partial charge is 0.308 e. The van der Waals surface area contributed by atoms with Gasteiger partial charge in [0.05, 0.1) is 13.0 Å². The van der Waals surface area contributed by atoms with Crippen LogP contribution >= 0.6 is 0 Å². The Kier molecular flexibility index (Phi) is 6.02. The van der Waals surface area contributed by atoms with Gasteiger partial charge in [-0.2, -0.15) is 0 Å². The van der Waals surface area contributed by atoms with Gasteiger partial charge in [-0.1, -0.05) is 118 Å². The molecule has 4 aromatic rings. The van der Waals surface area contributed by atoms with E-state index in [1.807, 2.05) is 6.92 Å². The van der Waals surface area contributed by atoms with Gasteiger partial charge in [-0.3, -0.25) is 4.79 Å². The maximum atomic E-state index is 12.9. The molecule has 2 nitrogen and oxygen atoms in total. The minimum atomic E-state index is -0.333. The van der Waals surface area contributed by atoms with Gasteiger partial charge in [0.1, 0.15) is 0 Å². The van der Waals surface area contributed by atoms with E-state index >= 15 is 0 Å². The zero-order valence-corrected chi connectivity index (χ0v) is 22.8. The molecule has 6 rings (SSSR count). The largest absolute Gasteiger partial charge is 0.469 e. The van der Waals surface area contributed by atoms with Gasteiger partial charge in [-0.05, 0) is 69.7 Å². The Morgan fingerprint density at radius 2 is 0.947 bits per heavy atom. The first-order chi connectivity index (χ1) is 18.4. The van der Waals surface area contributed by atoms with E-state index in [1.165, 1.54) is 51.6 Å². The summed E-state index contributed by atoms with van der Waals surface area (Å²) in [6.45, 7) is 6.71. The molecule has 2 aliphatic carbocycles. The Morgan fingerprint density at radius 1 is 0.605 bits per heavy atom. The van der Waals surface area contributed by atoms with Crippen molar-refractivity contribution in [2.75, 3.05) is 7.11 Å². The van der Waals surface area contributed by atoms with Crippen molar-refractivity contribution in [3.05, 3.63) is 119 Å². The van der Waals surface area contributed by atoms with Crippen molar-refractivity contribution >= 4 is 5.97 Å². The van der Waals surface area contributed by atoms with Crippen LogP contribution < -0.4 is 0 Å². The Morgan fingerprint density at radius 3 is 1.29 bits per heavy atom. The number of benzene rings is 4. The van der Waals surface area contributed by atoms with Crippen molar-refractivity contribution in [2.24, 2.45) is 11.8 Å². The Balaban J connectivity index is 1.65. The molecule has 0 radical (unpaired) electrons. The molecule has 2 heteroatoms.